The average molecular weight is 341 g/mol. The van der Waals surface area contributed by atoms with E-state index in [-0.39, 0.29) is 5.91 Å². The minimum Gasteiger partial charge on any atom is -0.497 e. The molecule has 1 fully saturated rings. The minimum atomic E-state index is 0.117. The van der Waals surface area contributed by atoms with E-state index >= 15 is 0 Å². The highest BCUT2D eigenvalue weighted by Crippen LogP contribution is 2.22. The first kappa shape index (κ1) is 15.3. The van der Waals surface area contributed by atoms with Crippen molar-refractivity contribution >= 4 is 21.8 Å². The molecule has 1 aromatic rings. The zero-order valence-corrected chi connectivity index (χ0v) is 13.3. The standard InChI is InChI=1S/C15H21BrN2O2/c1-20-13-3-4-14(16)12(8-13)10-18-15(19)5-2-11-6-7-17-9-11/h3-4,8,11,17H,2,5-7,9-10H2,1H3,(H,18,19). The number of hydrogen-bond donors (Lipinski definition) is 2. The predicted molar refractivity (Wildman–Crippen MR) is 82.8 cm³/mol. The summed E-state index contributed by atoms with van der Waals surface area (Å²) in [5.74, 6) is 1.57. The molecule has 4 nitrogen and oxygen atoms in total. The molecule has 0 saturated carbocycles. The number of methoxy groups -OCH3 is 1. The summed E-state index contributed by atoms with van der Waals surface area (Å²) in [7, 11) is 1.64. The highest BCUT2D eigenvalue weighted by atomic mass is 79.9. The Balaban J connectivity index is 1.77. The molecule has 0 aliphatic carbocycles. The Morgan fingerprint density at radius 1 is 1.55 bits per heavy atom. The summed E-state index contributed by atoms with van der Waals surface area (Å²) in [5, 5.41) is 6.29. The number of hydrogen-bond acceptors (Lipinski definition) is 3. The van der Waals surface area contributed by atoms with Gasteiger partial charge in [-0.25, -0.2) is 0 Å². The Kier molecular flexibility index (Phi) is 5.86. The molecule has 1 amide bonds. The van der Waals surface area contributed by atoms with Crippen LogP contribution in [0.1, 0.15) is 24.8 Å². The minimum absolute atomic E-state index is 0.117. The van der Waals surface area contributed by atoms with Gasteiger partial charge in [0, 0.05) is 17.4 Å². The third kappa shape index (κ3) is 4.49. The SMILES string of the molecule is COc1ccc(Br)c(CNC(=O)CCC2CCNC2)c1. The van der Waals surface area contributed by atoms with Gasteiger partial charge in [-0.2, -0.15) is 0 Å². The van der Waals surface area contributed by atoms with Gasteiger partial charge >= 0.3 is 0 Å². The number of carbonyl (C=O) groups is 1. The highest BCUT2D eigenvalue weighted by Gasteiger charge is 2.15. The second-order valence-corrected chi connectivity index (χ2v) is 5.99. The van der Waals surface area contributed by atoms with Crippen molar-refractivity contribution in [3.05, 3.63) is 28.2 Å². The Labute approximate surface area is 128 Å². The Bertz CT molecular complexity index is 459. The second-order valence-electron chi connectivity index (χ2n) is 5.13. The number of amides is 1. The molecule has 1 aromatic carbocycles. The highest BCUT2D eigenvalue weighted by molar-refractivity contribution is 9.10. The van der Waals surface area contributed by atoms with Crippen LogP contribution in [0.5, 0.6) is 5.75 Å². The van der Waals surface area contributed by atoms with E-state index in [0.717, 1.165) is 35.3 Å². The topological polar surface area (TPSA) is 50.4 Å². The lowest BCUT2D eigenvalue weighted by Crippen LogP contribution is -2.23. The van der Waals surface area contributed by atoms with Crippen LogP contribution in [0.4, 0.5) is 0 Å². The van der Waals surface area contributed by atoms with Gasteiger partial charge in [-0.15, -0.1) is 0 Å². The number of benzene rings is 1. The molecule has 1 aliphatic rings. The first-order chi connectivity index (χ1) is 9.69. The number of ether oxygens (including phenoxy) is 1. The average Bonchev–Trinajstić information content (AvgIpc) is 2.97. The van der Waals surface area contributed by atoms with Crippen molar-refractivity contribution in [1.29, 1.82) is 0 Å². The van der Waals surface area contributed by atoms with Crippen LogP contribution >= 0.6 is 15.9 Å². The molecule has 110 valence electrons. The largest absolute Gasteiger partial charge is 0.497 e. The van der Waals surface area contributed by atoms with Crippen molar-refractivity contribution in [2.24, 2.45) is 5.92 Å². The summed E-state index contributed by atoms with van der Waals surface area (Å²) in [4.78, 5) is 11.9. The molecule has 1 atom stereocenters. The zero-order chi connectivity index (χ0) is 14.4. The van der Waals surface area contributed by atoms with Gasteiger partial charge in [-0.05, 0) is 55.6 Å². The first-order valence-electron chi connectivity index (χ1n) is 6.99. The van der Waals surface area contributed by atoms with Crippen LogP contribution in [0.2, 0.25) is 0 Å². The lowest BCUT2D eigenvalue weighted by Gasteiger charge is -2.10. The Morgan fingerprint density at radius 2 is 2.40 bits per heavy atom. The van der Waals surface area contributed by atoms with E-state index in [0.29, 0.717) is 18.9 Å². The van der Waals surface area contributed by atoms with Crippen LogP contribution in [0.15, 0.2) is 22.7 Å². The van der Waals surface area contributed by atoms with Gasteiger partial charge in [0.15, 0.2) is 0 Å². The van der Waals surface area contributed by atoms with Crippen molar-refractivity contribution in [1.82, 2.24) is 10.6 Å². The first-order valence-corrected chi connectivity index (χ1v) is 7.78. The molecule has 1 aliphatic heterocycles. The Morgan fingerprint density at radius 3 is 3.10 bits per heavy atom. The monoisotopic (exact) mass is 340 g/mol. The van der Waals surface area contributed by atoms with Crippen LogP contribution < -0.4 is 15.4 Å². The van der Waals surface area contributed by atoms with Crippen LogP contribution in [0, 0.1) is 5.92 Å². The third-order valence-electron chi connectivity index (χ3n) is 3.67. The maximum Gasteiger partial charge on any atom is 0.220 e. The zero-order valence-electron chi connectivity index (χ0n) is 11.7. The molecular weight excluding hydrogens is 320 g/mol. The third-order valence-corrected chi connectivity index (χ3v) is 4.44. The molecule has 1 unspecified atom stereocenters. The van der Waals surface area contributed by atoms with Crippen molar-refractivity contribution in [3.8, 4) is 5.75 Å². The number of nitrogens with one attached hydrogen (secondary N) is 2. The molecule has 1 heterocycles. The van der Waals surface area contributed by atoms with E-state index in [4.69, 9.17) is 4.74 Å². The summed E-state index contributed by atoms with van der Waals surface area (Å²) in [6, 6.07) is 5.76. The van der Waals surface area contributed by atoms with Crippen molar-refractivity contribution in [3.63, 3.8) is 0 Å². The van der Waals surface area contributed by atoms with Crippen molar-refractivity contribution in [2.75, 3.05) is 20.2 Å². The summed E-state index contributed by atoms with van der Waals surface area (Å²) < 4.78 is 6.18. The molecule has 0 bridgehead atoms. The summed E-state index contributed by atoms with van der Waals surface area (Å²) in [5.41, 5.74) is 1.03. The molecule has 0 aromatic heterocycles. The maximum absolute atomic E-state index is 11.9. The fraction of sp³-hybridized carbons (Fsp3) is 0.533. The molecule has 0 radical (unpaired) electrons. The van der Waals surface area contributed by atoms with Gasteiger partial charge in [0.1, 0.15) is 5.75 Å². The van der Waals surface area contributed by atoms with Gasteiger partial charge in [0.2, 0.25) is 5.91 Å². The molecular formula is C15H21BrN2O2. The van der Waals surface area contributed by atoms with E-state index in [1.807, 2.05) is 18.2 Å². The van der Waals surface area contributed by atoms with E-state index in [9.17, 15) is 4.79 Å². The molecule has 2 rings (SSSR count). The normalized spacial score (nSPS) is 18.0. The van der Waals surface area contributed by atoms with Gasteiger partial charge < -0.3 is 15.4 Å². The summed E-state index contributed by atoms with van der Waals surface area (Å²) in [6.45, 7) is 2.66. The van der Waals surface area contributed by atoms with Crippen LogP contribution in [-0.2, 0) is 11.3 Å². The fourth-order valence-electron chi connectivity index (χ4n) is 2.39. The van der Waals surface area contributed by atoms with Gasteiger partial charge in [-0.1, -0.05) is 15.9 Å². The van der Waals surface area contributed by atoms with Gasteiger partial charge in [0.05, 0.1) is 7.11 Å². The van der Waals surface area contributed by atoms with Crippen molar-refractivity contribution in [2.45, 2.75) is 25.8 Å². The fourth-order valence-corrected chi connectivity index (χ4v) is 2.78. The molecule has 2 N–H and O–H groups in total. The molecule has 0 spiro atoms. The quantitative estimate of drug-likeness (QED) is 0.836. The van der Waals surface area contributed by atoms with Crippen LogP contribution in [0.25, 0.3) is 0 Å². The number of halogens is 1. The van der Waals surface area contributed by atoms with Crippen molar-refractivity contribution < 1.29 is 9.53 Å². The molecule has 5 heteroatoms. The Hall–Kier alpha value is -1.07. The van der Waals surface area contributed by atoms with Gasteiger partial charge in [0.25, 0.3) is 0 Å². The molecule has 20 heavy (non-hydrogen) atoms. The van der Waals surface area contributed by atoms with E-state index < -0.39 is 0 Å². The predicted octanol–water partition coefficient (Wildman–Crippen LogP) is 2.46. The van der Waals surface area contributed by atoms with Crippen LogP contribution in [0.3, 0.4) is 0 Å². The second kappa shape index (κ2) is 7.64. The maximum atomic E-state index is 11.9. The van der Waals surface area contributed by atoms with Gasteiger partial charge in [-0.3, -0.25) is 4.79 Å². The van der Waals surface area contributed by atoms with E-state index in [1.165, 1.54) is 6.42 Å². The summed E-state index contributed by atoms with van der Waals surface area (Å²) in [6.07, 6.45) is 2.76. The summed E-state index contributed by atoms with van der Waals surface area (Å²) >= 11 is 3.49. The van der Waals surface area contributed by atoms with E-state index in [1.54, 1.807) is 7.11 Å². The smallest absolute Gasteiger partial charge is 0.220 e. The lowest BCUT2D eigenvalue weighted by molar-refractivity contribution is -0.121. The number of rotatable bonds is 6. The lowest BCUT2D eigenvalue weighted by atomic mass is 10.0. The molecule has 1 saturated heterocycles. The number of carbonyl (C=O) groups excluding carboxylic acids is 1. The van der Waals surface area contributed by atoms with Crippen LogP contribution in [-0.4, -0.2) is 26.1 Å². The van der Waals surface area contributed by atoms with E-state index in [2.05, 4.69) is 26.6 Å².